The summed E-state index contributed by atoms with van der Waals surface area (Å²) in [5, 5.41) is 21.2. The summed E-state index contributed by atoms with van der Waals surface area (Å²) in [6, 6.07) is 0.352. The summed E-state index contributed by atoms with van der Waals surface area (Å²) in [5.74, 6) is 0.643. The summed E-state index contributed by atoms with van der Waals surface area (Å²) < 4.78 is 0. The van der Waals surface area contributed by atoms with Crippen molar-refractivity contribution in [2.45, 2.75) is 201 Å². The molecule has 0 saturated carbocycles. The first-order valence-electron chi connectivity index (χ1n) is 22.1. The number of unbranched alkanes of at least 4 members (excludes halogenated alkanes) is 13. The standard InChI is InChI=1S/C46H89N3O2/c1-6-10-12-14-15-16-17-18-19-20-21-22-23-24-26-31-37-48(41-46(51)40-47)38-32-39-49(42-45(50)9-4)44(35-29-25-13-11-7-2)36-30-27-28-34-43(5)33-8-3/h15-16,18-19,28,30,34,36,43-46,50-51H,6-14,17,20-27,29,31-33,35,37-42,47H2,1-5H3/b16-15-,19-18+,34-28-,36-30-. The van der Waals surface area contributed by atoms with Gasteiger partial charge in [0.1, 0.15) is 0 Å². The molecule has 5 nitrogen and oxygen atoms in total. The Balaban J connectivity index is 4.93. The monoisotopic (exact) mass is 716 g/mol. The Morgan fingerprint density at radius 2 is 1.10 bits per heavy atom. The Kier molecular flexibility index (Phi) is 37.5. The summed E-state index contributed by atoms with van der Waals surface area (Å²) in [5.41, 5.74) is 5.84. The van der Waals surface area contributed by atoms with Crippen molar-refractivity contribution in [1.82, 2.24) is 9.80 Å². The van der Waals surface area contributed by atoms with Gasteiger partial charge in [-0.15, -0.1) is 0 Å². The van der Waals surface area contributed by atoms with E-state index in [1.54, 1.807) is 0 Å². The number of aliphatic hydroxyl groups is 2. The molecule has 0 heterocycles. The zero-order chi connectivity index (χ0) is 37.6. The van der Waals surface area contributed by atoms with Gasteiger partial charge < -0.3 is 20.8 Å². The normalized spacial score (nSPS) is 15.1. The molecule has 0 aliphatic heterocycles. The molecule has 0 rings (SSSR count). The second kappa shape index (κ2) is 38.5. The second-order valence-electron chi connectivity index (χ2n) is 15.3. The summed E-state index contributed by atoms with van der Waals surface area (Å²) in [7, 11) is 0. The lowest BCUT2D eigenvalue weighted by molar-refractivity contribution is 0.0836. The maximum Gasteiger partial charge on any atom is 0.0789 e. The number of aliphatic hydroxyl groups excluding tert-OH is 2. The quantitative estimate of drug-likeness (QED) is 0.0438. The van der Waals surface area contributed by atoms with Gasteiger partial charge >= 0.3 is 0 Å². The number of nitrogens with zero attached hydrogens (tertiary/aromatic N) is 2. The van der Waals surface area contributed by atoms with E-state index in [0.29, 0.717) is 25.0 Å². The number of allylic oxidation sites excluding steroid dienone is 7. The molecule has 0 aliphatic rings. The van der Waals surface area contributed by atoms with Gasteiger partial charge in [0.2, 0.25) is 0 Å². The van der Waals surface area contributed by atoms with Gasteiger partial charge in [0.25, 0.3) is 0 Å². The average molecular weight is 716 g/mol. The van der Waals surface area contributed by atoms with E-state index in [1.165, 1.54) is 116 Å². The zero-order valence-corrected chi connectivity index (χ0v) is 34.8. The molecule has 4 N–H and O–H groups in total. The SMILES string of the molecule is CCCCC/C=C\C/C=C/CCCCCCCCN(CCCN(CC(O)CC)C(/C=C\C/C=C\C(C)CCC)CCCCCCC)CC(O)CN. The smallest absolute Gasteiger partial charge is 0.0789 e. The minimum absolute atomic E-state index is 0.302. The molecule has 4 atom stereocenters. The Morgan fingerprint density at radius 1 is 0.529 bits per heavy atom. The van der Waals surface area contributed by atoms with Crippen molar-refractivity contribution >= 4 is 0 Å². The first-order valence-corrected chi connectivity index (χ1v) is 22.1. The van der Waals surface area contributed by atoms with Crippen LogP contribution in [0.15, 0.2) is 48.6 Å². The first-order chi connectivity index (χ1) is 24.9. The maximum absolute atomic E-state index is 10.8. The summed E-state index contributed by atoms with van der Waals surface area (Å²) in [6.45, 7) is 15.8. The van der Waals surface area contributed by atoms with E-state index < -0.39 is 6.10 Å². The number of hydrogen-bond donors (Lipinski definition) is 3. The van der Waals surface area contributed by atoms with Gasteiger partial charge in [-0.2, -0.15) is 0 Å². The predicted octanol–water partition coefficient (Wildman–Crippen LogP) is 11.6. The summed E-state index contributed by atoms with van der Waals surface area (Å²) >= 11 is 0. The van der Waals surface area contributed by atoms with Crippen LogP contribution in [-0.2, 0) is 0 Å². The molecule has 5 heteroatoms. The lowest BCUT2D eigenvalue weighted by atomic mass is 10.0. The predicted molar refractivity (Wildman–Crippen MR) is 227 cm³/mol. The molecule has 0 aromatic heterocycles. The van der Waals surface area contributed by atoms with Crippen LogP contribution in [-0.4, -0.2) is 77.5 Å². The molecule has 4 unspecified atom stereocenters. The van der Waals surface area contributed by atoms with Crippen LogP contribution in [0.5, 0.6) is 0 Å². The maximum atomic E-state index is 10.8. The van der Waals surface area contributed by atoms with E-state index >= 15 is 0 Å². The lowest BCUT2D eigenvalue weighted by Crippen LogP contribution is -2.42. The minimum Gasteiger partial charge on any atom is -0.392 e. The molecule has 0 aliphatic carbocycles. The largest absolute Gasteiger partial charge is 0.392 e. The van der Waals surface area contributed by atoms with E-state index in [9.17, 15) is 10.2 Å². The fourth-order valence-electron chi connectivity index (χ4n) is 6.81. The van der Waals surface area contributed by atoms with Crippen molar-refractivity contribution in [2.24, 2.45) is 11.7 Å². The van der Waals surface area contributed by atoms with Crippen LogP contribution >= 0.6 is 0 Å². The van der Waals surface area contributed by atoms with Crippen LogP contribution in [0.1, 0.15) is 182 Å². The van der Waals surface area contributed by atoms with Crippen molar-refractivity contribution in [3.63, 3.8) is 0 Å². The fraction of sp³-hybridized carbons (Fsp3) is 0.826. The van der Waals surface area contributed by atoms with Gasteiger partial charge in [0.05, 0.1) is 12.2 Å². The minimum atomic E-state index is -0.473. The molecule has 0 radical (unpaired) electrons. The molecule has 0 aromatic carbocycles. The van der Waals surface area contributed by atoms with E-state index in [1.807, 2.05) is 0 Å². The van der Waals surface area contributed by atoms with Crippen molar-refractivity contribution in [3.8, 4) is 0 Å². The van der Waals surface area contributed by atoms with Gasteiger partial charge in [-0.1, -0.05) is 160 Å². The Labute approximate surface area is 319 Å². The Morgan fingerprint density at radius 3 is 1.76 bits per heavy atom. The van der Waals surface area contributed by atoms with E-state index in [4.69, 9.17) is 5.73 Å². The average Bonchev–Trinajstić information content (AvgIpc) is 3.12. The summed E-state index contributed by atoms with van der Waals surface area (Å²) in [4.78, 5) is 4.98. The third-order valence-electron chi connectivity index (χ3n) is 10.2. The van der Waals surface area contributed by atoms with E-state index in [2.05, 4.69) is 93.0 Å². The highest BCUT2D eigenvalue weighted by Crippen LogP contribution is 2.17. The van der Waals surface area contributed by atoms with Crippen LogP contribution in [0.2, 0.25) is 0 Å². The molecule has 0 amide bonds. The van der Waals surface area contributed by atoms with Crippen LogP contribution in [0, 0.1) is 5.92 Å². The highest BCUT2D eigenvalue weighted by atomic mass is 16.3. The number of hydrogen-bond acceptors (Lipinski definition) is 5. The highest BCUT2D eigenvalue weighted by Gasteiger charge is 2.19. The van der Waals surface area contributed by atoms with Gasteiger partial charge in [-0.05, 0) is 89.6 Å². The van der Waals surface area contributed by atoms with Gasteiger partial charge in [0, 0.05) is 32.2 Å². The van der Waals surface area contributed by atoms with Crippen molar-refractivity contribution in [1.29, 1.82) is 0 Å². The van der Waals surface area contributed by atoms with Crippen molar-refractivity contribution in [3.05, 3.63) is 48.6 Å². The Bertz CT molecular complexity index is 825. The lowest BCUT2D eigenvalue weighted by Gasteiger charge is -2.33. The second-order valence-corrected chi connectivity index (χ2v) is 15.3. The van der Waals surface area contributed by atoms with Crippen LogP contribution in [0.25, 0.3) is 0 Å². The number of rotatable bonds is 38. The first kappa shape index (κ1) is 49.8. The number of nitrogens with two attached hydrogens (primary N) is 1. The zero-order valence-electron chi connectivity index (χ0n) is 34.8. The molecular formula is C46H89N3O2. The molecule has 0 aromatic rings. The molecule has 0 spiro atoms. The molecule has 0 bridgehead atoms. The van der Waals surface area contributed by atoms with Crippen molar-refractivity contribution < 1.29 is 10.2 Å². The van der Waals surface area contributed by atoms with E-state index in [-0.39, 0.29) is 6.10 Å². The van der Waals surface area contributed by atoms with Gasteiger partial charge in [-0.3, -0.25) is 4.90 Å². The molecule has 0 fully saturated rings. The molecular weight excluding hydrogens is 627 g/mol. The van der Waals surface area contributed by atoms with Crippen LogP contribution in [0.4, 0.5) is 0 Å². The van der Waals surface area contributed by atoms with E-state index in [0.717, 1.165) is 58.3 Å². The van der Waals surface area contributed by atoms with Crippen LogP contribution in [0.3, 0.4) is 0 Å². The van der Waals surface area contributed by atoms with Gasteiger partial charge in [-0.25, -0.2) is 0 Å². The third-order valence-corrected chi connectivity index (χ3v) is 10.2. The highest BCUT2D eigenvalue weighted by molar-refractivity contribution is 5.00. The summed E-state index contributed by atoms with van der Waals surface area (Å²) in [6.07, 6.45) is 46.0. The molecule has 51 heavy (non-hydrogen) atoms. The van der Waals surface area contributed by atoms with Gasteiger partial charge in [0.15, 0.2) is 0 Å². The molecule has 300 valence electrons. The Hall–Kier alpha value is -1.24. The molecule has 0 saturated heterocycles. The van der Waals surface area contributed by atoms with Crippen molar-refractivity contribution in [2.75, 3.05) is 39.3 Å². The fourth-order valence-corrected chi connectivity index (χ4v) is 6.81. The topological polar surface area (TPSA) is 73.0 Å². The van der Waals surface area contributed by atoms with Crippen LogP contribution < -0.4 is 5.73 Å². The third kappa shape index (κ3) is 33.1.